The maximum atomic E-state index is 3.84. The molecule has 15 heavy (non-hydrogen) atoms. The second-order valence-electron chi connectivity index (χ2n) is 3.12. The van der Waals surface area contributed by atoms with Gasteiger partial charge < -0.3 is 4.98 Å². The Morgan fingerprint density at radius 3 is 2.53 bits per heavy atom. The van der Waals surface area contributed by atoms with E-state index in [9.17, 15) is 0 Å². The predicted molar refractivity (Wildman–Crippen MR) is 69.1 cm³/mol. The van der Waals surface area contributed by atoms with Gasteiger partial charge in [-0.2, -0.15) is 0 Å². The van der Waals surface area contributed by atoms with E-state index in [4.69, 9.17) is 0 Å². The Balaban J connectivity index is 0.000000531. The molecule has 0 bridgehead atoms. The fourth-order valence-electron chi connectivity index (χ4n) is 1.73. The normalized spacial score (nSPS) is 9.53. The molecule has 0 radical (unpaired) electrons. The fraction of sp³-hybridized carbons (Fsp3) is 0.286. The summed E-state index contributed by atoms with van der Waals surface area (Å²) in [5, 5.41) is 1.27. The second kappa shape index (κ2) is 5.40. The number of aryl methyl sites for hydroxylation is 1. The highest BCUT2D eigenvalue weighted by molar-refractivity contribution is 5.90. The standard InChI is InChI=1S/C12H13N.C2H6/c1-3-9-10-7-5-6-8-12(10)13-11(9)4-2;1-2/h3,5-8,13H,1,4H2,2H3;1-2H3. The van der Waals surface area contributed by atoms with E-state index in [1.54, 1.807) is 0 Å². The minimum absolute atomic E-state index is 1.02. The van der Waals surface area contributed by atoms with E-state index in [1.807, 2.05) is 26.0 Å². The molecule has 1 aromatic carbocycles. The summed E-state index contributed by atoms with van der Waals surface area (Å²) in [5.41, 5.74) is 3.73. The first-order chi connectivity index (χ1) is 7.36. The summed E-state index contributed by atoms with van der Waals surface area (Å²) in [6.45, 7) is 9.99. The third kappa shape index (κ3) is 2.12. The van der Waals surface area contributed by atoms with Crippen LogP contribution in [-0.4, -0.2) is 4.98 Å². The molecule has 0 unspecified atom stereocenters. The second-order valence-corrected chi connectivity index (χ2v) is 3.12. The average molecular weight is 201 g/mol. The van der Waals surface area contributed by atoms with Gasteiger partial charge in [-0.1, -0.05) is 51.6 Å². The van der Waals surface area contributed by atoms with Crippen LogP contribution in [0.25, 0.3) is 17.0 Å². The summed E-state index contributed by atoms with van der Waals surface area (Å²) in [4.78, 5) is 3.39. The summed E-state index contributed by atoms with van der Waals surface area (Å²) < 4.78 is 0. The zero-order chi connectivity index (χ0) is 11.3. The van der Waals surface area contributed by atoms with E-state index in [0.29, 0.717) is 0 Å². The molecule has 1 heterocycles. The van der Waals surface area contributed by atoms with Gasteiger partial charge in [0.05, 0.1) is 0 Å². The van der Waals surface area contributed by atoms with E-state index in [-0.39, 0.29) is 0 Å². The zero-order valence-electron chi connectivity index (χ0n) is 9.80. The monoisotopic (exact) mass is 201 g/mol. The highest BCUT2D eigenvalue weighted by Gasteiger charge is 2.05. The van der Waals surface area contributed by atoms with Gasteiger partial charge in [-0.05, 0) is 12.5 Å². The number of benzene rings is 1. The highest BCUT2D eigenvalue weighted by Crippen LogP contribution is 2.23. The van der Waals surface area contributed by atoms with Crippen molar-refractivity contribution in [3.05, 3.63) is 42.1 Å². The zero-order valence-corrected chi connectivity index (χ0v) is 9.80. The molecule has 0 atom stereocenters. The van der Waals surface area contributed by atoms with Crippen LogP contribution in [0.1, 0.15) is 32.0 Å². The molecular formula is C14H19N. The van der Waals surface area contributed by atoms with Crippen LogP contribution < -0.4 is 0 Å². The summed E-state index contributed by atoms with van der Waals surface area (Å²) >= 11 is 0. The SMILES string of the molecule is C=Cc1c(CC)[nH]c2ccccc12.CC. The van der Waals surface area contributed by atoms with Crippen molar-refractivity contribution in [3.8, 4) is 0 Å². The topological polar surface area (TPSA) is 15.8 Å². The Kier molecular flexibility index (Phi) is 4.17. The maximum Gasteiger partial charge on any atom is 0.0462 e. The van der Waals surface area contributed by atoms with Crippen molar-refractivity contribution < 1.29 is 0 Å². The van der Waals surface area contributed by atoms with E-state index in [0.717, 1.165) is 6.42 Å². The Labute approximate surface area is 91.8 Å². The molecule has 0 aliphatic carbocycles. The third-order valence-electron chi connectivity index (χ3n) is 2.39. The van der Waals surface area contributed by atoms with E-state index in [2.05, 4.69) is 36.7 Å². The molecule has 0 saturated carbocycles. The average Bonchev–Trinajstić information content (AvgIpc) is 2.69. The Bertz CT molecular complexity index is 438. The number of hydrogen-bond acceptors (Lipinski definition) is 0. The van der Waals surface area contributed by atoms with Crippen molar-refractivity contribution in [1.82, 2.24) is 4.98 Å². The molecule has 2 rings (SSSR count). The molecule has 1 heteroatoms. The maximum absolute atomic E-state index is 3.84. The van der Waals surface area contributed by atoms with E-state index < -0.39 is 0 Å². The molecule has 0 saturated heterocycles. The van der Waals surface area contributed by atoms with Crippen LogP contribution in [-0.2, 0) is 6.42 Å². The van der Waals surface area contributed by atoms with Gasteiger partial charge in [0, 0.05) is 22.2 Å². The number of aromatic nitrogens is 1. The summed E-state index contributed by atoms with van der Waals surface area (Å²) in [6, 6.07) is 8.33. The van der Waals surface area contributed by atoms with Crippen molar-refractivity contribution in [2.75, 3.05) is 0 Å². The third-order valence-corrected chi connectivity index (χ3v) is 2.39. The van der Waals surface area contributed by atoms with Crippen LogP contribution in [0.3, 0.4) is 0 Å². The fourth-order valence-corrected chi connectivity index (χ4v) is 1.73. The first-order valence-corrected chi connectivity index (χ1v) is 5.58. The van der Waals surface area contributed by atoms with Gasteiger partial charge in [-0.15, -0.1) is 0 Å². The number of nitrogens with one attached hydrogen (secondary N) is 1. The molecule has 1 N–H and O–H groups in total. The summed E-state index contributed by atoms with van der Waals surface area (Å²) in [7, 11) is 0. The Hall–Kier alpha value is -1.50. The van der Waals surface area contributed by atoms with Crippen LogP contribution in [0, 0.1) is 0 Å². The number of para-hydroxylation sites is 1. The molecule has 80 valence electrons. The van der Waals surface area contributed by atoms with Crippen molar-refractivity contribution >= 4 is 17.0 Å². The van der Waals surface area contributed by atoms with Crippen LogP contribution in [0.4, 0.5) is 0 Å². The summed E-state index contributed by atoms with van der Waals surface area (Å²) in [6.07, 6.45) is 2.95. The van der Waals surface area contributed by atoms with Crippen LogP contribution >= 0.6 is 0 Å². The van der Waals surface area contributed by atoms with Gasteiger partial charge in [-0.3, -0.25) is 0 Å². The number of fused-ring (bicyclic) bond motifs is 1. The van der Waals surface area contributed by atoms with Gasteiger partial charge in [0.25, 0.3) is 0 Å². The van der Waals surface area contributed by atoms with Crippen molar-refractivity contribution in [2.24, 2.45) is 0 Å². The number of aromatic amines is 1. The highest BCUT2D eigenvalue weighted by atomic mass is 14.7. The Morgan fingerprint density at radius 2 is 1.93 bits per heavy atom. The lowest BCUT2D eigenvalue weighted by molar-refractivity contribution is 1.07. The first kappa shape index (κ1) is 11.6. The summed E-state index contributed by atoms with van der Waals surface area (Å²) in [5.74, 6) is 0. The lowest BCUT2D eigenvalue weighted by Gasteiger charge is -1.93. The molecule has 0 spiro atoms. The molecule has 0 aliphatic heterocycles. The quantitative estimate of drug-likeness (QED) is 0.741. The number of hydrogen-bond donors (Lipinski definition) is 1. The van der Waals surface area contributed by atoms with Crippen LogP contribution in [0.15, 0.2) is 30.8 Å². The lowest BCUT2D eigenvalue weighted by atomic mass is 10.1. The molecule has 0 amide bonds. The Morgan fingerprint density at radius 1 is 1.27 bits per heavy atom. The van der Waals surface area contributed by atoms with Crippen molar-refractivity contribution in [1.29, 1.82) is 0 Å². The molecule has 0 fully saturated rings. The van der Waals surface area contributed by atoms with Gasteiger partial charge in [0.1, 0.15) is 0 Å². The van der Waals surface area contributed by atoms with Gasteiger partial charge in [0.15, 0.2) is 0 Å². The van der Waals surface area contributed by atoms with Crippen LogP contribution in [0.2, 0.25) is 0 Å². The minimum Gasteiger partial charge on any atom is -0.358 e. The molecule has 2 aromatic rings. The van der Waals surface area contributed by atoms with E-state index >= 15 is 0 Å². The predicted octanol–water partition coefficient (Wildman–Crippen LogP) is 4.40. The first-order valence-electron chi connectivity index (χ1n) is 5.58. The van der Waals surface area contributed by atoms with Gasteiger partial charge in [0.2, 0.25) is 0 Å². The van der Waals surface area contributed by atoms with Gasteiger partial charge >= 0.3 is 0 Å². The number of rotatable bonds is 2. The smallest absolute Gasteiger partial charge is 0.0462 e. The van der Waals surface area contributed by atoms with Crippen molar-refractivity contribution in [3.63, 3.8) is 0 Å². The molecule has 0 aliphatic rings. The number of H-pyrrole nitrogens is 1. The molecule has 1 nitrogen and oxygen atoms in total. The molecular weight excluding hydrogens is 182 g/mol. The minimum atomic E-state index is 1.02. The largest absolute Gasteiger partial charge is 0.358 e. The van der Waals surface area contributed by atoms with E-state index in [1.165, 1.54) is 22.2 Å². The van der Waals surface area contributed by atoms with Gasteiger partial charge in [-0.25, -0.2) is 0 Å². The van der Waals surface area contributed by atoms with Crippen molar-refractivity contribution in [2.45, 2.75) is 27.2 Å². The lowest BCUT2D eigenvalue weighted by Crippen LogP contribution is -1.81. The van der Waals surface area contributed by atoms with Crippen LogP contribution in [0.5, 0.6) is 0 Å². The molecule has 1 aromatic heterocycles.